The number of fused-ring (bicyclic) bond motifs is 1. The fourth-order valence-corrected chi connectivity index (χ4v) is 5.43. The van der Waals surface area contributed by atoms with Crippen molar-refractivity contribution in [2.75, 3.05) is 36.0 Å². The highest BCUT2D eigenvalue weighted by molar-refractivity contribution is 7.91. The van der Waals surface area contributed by atoms with Crippen LogP contribution in [0.3, 0.4) is 0 Å². The molecule has 1 N–H and O–H groups in total. The number of rotatable bonds is 4. The van der Waals surface area contributed by atoms with Gasteiger partial charge < -0.3 is 10.2 Å². The van der Waals surface area contributed by atoms with Crippen molar-refractivity contribution in [1.82, 2.24) is 25.1 Å². The molecule has 1 atom stereocenters. The second-order valence-electron chi connectivity index (χ2n) is 8.85. The average Bonchev–Trinajstić information content (AvgIpc) is 3.15. The van der Waals surface area contributed by atoms with Crippen LogP contribution in [0.1, 0.15) is 33.0 Å². The predicted molar refractivity (Wildman–Crippen MR) is 105 cm³/mol. The van der Waals surface area contributed by atoms with Crippen LogP contribution in [-0.2, 0) is 20.0 Å². The van der Waals surface area contributed by atoms with E-state index in [2.05, 4.69) is 41.2 Å². The van der Waals surface area contributed by atoms with Gasteiger partial charge in [-0.2, -0.15) is 4.52 Å². The Hall–Kier alpha value is -2.23. The number of carbonyl (C=O) groups excluding carboxylic acids is 1. The molecule has 10 heteroatoms. The molecule has 2 saturated heterocycles. The van der Waals surface area contributed by atoms with E-state index in [1.165, 1.54) is 0 Å². The highest BCUT2D eigenvalue weighted by Crippen LogP contribution is 2.25. The van der Waals surface area contributed by atoms with Crippen molar-refractivity contribution in [2.24, 2.45) is 11.8 Å². The molecule has 1 amide bonds. The van der Waals surface area contributed by atoms with E-state index in [0.29, 0.717) is 18.9 Å². The zero-order chi connectivity index (χ0) is 20.1. The Labute approximate surface area is 164 Å². The van der Waals surface area contributed by atoms with Crippen molar-refractivity contribution in [3.8, 4) is 0 Å². The van der Waals surface area contributed by atoms with Crippen LogP contribution in [0.25, 0.3) is 5.65 Å². The largest absolute Gasteiger partial charge is 0.355 e. The van der Waals surface area contributed by atoms with Gasteiger partial charge in [0, 0.05) is 31.0 Å². The molecule has 1 unspecified atom stereocenters. The van der Waals surface area contributed by atoms with E-state index in [1.807, 2.05) is 12.1 Å². The van der Waals surface area contributed by atoms with Crippen molar-refractivity contribution in [3.05, 3.63) is 18.0 Å². The first-order chi connectivity index (χ1) is 13.1. The second-order valence-corrected chi connectivity index (χ2v) is 11.1. The number of sulfone groups is 1. The summed E-state index contributed by atoms with van der Waals surface area (Å²) in [6, 6.07) is 3.86. The topological polar surface area (TPSA) is 110 Å². The number of nitrogens with one attached hydrogen (secondary N) is 1. The third kappa shape index (κ3) is 3.69. The van der Waals surface area contributed by atoms with E-state index < -0.39 is 15.8 Å². The maximum Gasteiger partial charge on any atom is 0.224 e. The van der Waals surface area contributed by atoms with Gasteiger partial charge in [0.2, 0.25) is 5.91 Å². The molecule has 2 fully saturated rings. The Balaban J connectivity index is 1.33. The SMILES string of the molecule is CC(C)(C)c1nnc2ccc(N3CC(CNC(=O)C4CCS(=O)(=O)C4)C3)nn12. The van der Waals surface area contributed by atoms with Gasteiger partial charge >= 0.3 is 0 Å². The van der Waals surface area contributed by atoms with Crippen LogP contribution < -0.4 is 10.2 Å². The van der Waals surface area contributed by atoms with Gasteiger partial charge in [0.1, 0.15) is 5.82 Å². The number of hydrogen-bond donors (Lipinski definition) is 1. The van der Waals surface area contributed by atoms with Gasteiger partial charge in [0.15, 0.2) is 21.3 Å². The van der Waals surface area contributed by atoms with Crippen molar-refractivity contribution >= 4 is 27.2 Å². The minimum absolute atomic E-state index is 0.0192. The Morgan fingerprint density at radius 2 is 2.00 bits per heavy atom. The highest BCUT2D eigenvalue weighted by atomic mass is 32.2. The van der Waals surface area contributed by atoms with E-state index in [-0.39, 0.29) is 22.8 Å². The molecule has 28 heavy (non-hydrogen) atoms. The summed E-state index contributed by atoms with van der Waals surface area (Å²) in [5.74, 6) is 1.59. The lowest BCUT2D eigenvalue weighted by Gasteiger charge is -2.40. The fraction of sp³-hybridized carbons (Fsp3) is 0.667. The molecule has 4 heterocycles. The predicted octanol–water partition coefficient (Wildman–Crippen LogP) is 0.409. The Morgan fingerprint density at radius 3 is 2.64 bits per heavy atom. The number of hydrogen-bond acceptors (Lipinski definition) is 7. The zero-order valence-electron chi connectivity index (χ0n) is 16.4. The highest BCUT2D eigenvalue weighted by Gasteiger charge is 2.34. The van der Waals surface area contributed by atoms with Gasteiger partial charge in [0.05, 0.1) is 17.4 Å². The molecular weight excluding hydrogens is 380 g/mol. The summed E-state index contributed by atoms with van der Waals surface area (Å²) in [6.07, 6.45) is 0.434. The number of aromatic nitrogens is 4. The Bertz CT molecular complexity index is 1000. The average molecular weight is 407 g/mol. The van der Waals surface area contributed by atoms with Crippen LogP contribution in [0, 0.1) is 11.8 Å². The van der Waals surface area contributed by atoms with Crippen LogP contribution >= 0.6 is 0 Å². The van der Waals surface area contributed by atoms with Gasteiger partial charge in [-0.3, -0.25) is 4.79 Å². The van der Waals surface area contributed by atoms with Gasteiger partial charge in [-0.25, -0.2) is 8.42 Å². The second kappa shape index (κ2) is 6.68. The van der Waals surface area contributed by atoms with Gasteiger partial charge in [-0.15, -0.1) is 15.3 Å². The summed E-state index contributed by atoms with van der Waals surface area (Å²) in [7, 11) is -3.03. The third-order valence-corrected chi connectivity index (χ3v) is 7.14. The van der Waals surface area contributed by atoms with Crippen LogP contribution in [0.2, 0.25) is 0 Å². The van der Waals surface area contributed by atoms with Crippen LogP contribution in [-0.4, -0.2) is 65.3 Å². The van der Waals surface area contributed by atoms with E-state index in [0.717, 1.165) is 30.4 Å². The summed E-state index contributed by atoms with van der Waals surface area (Å²) < 4.78 is 24.8. The summed E-state index contributed by atoms with van der Waals surface area (Å²) in [5.41, 5.74) is 0.574. The molecule has 0 saturated carbocycles. The van der Waals surface area contributed by atoms with Crippen LogP contribution in [0.5, 0.6) is 0 Å². The van der Waals surface area contributed by atoms with Crippen molar-refractivity contribution in [3.63, 3.8) is 0 Å². The Kier molecular flexibility index (Phi) is 4.56. The molecule has 2 aliphatic rings. The standard InChI is InChI=1S/C18H26N6O3S/c1-18(2,3)17-21-20-14-4-5-15(22-24(14)17)23-9-12(10-23)8-19-16(25)13-6-7-28(26,27)11-13/h4-5,12-13H,6-11H2,1-3H3,(H,19,25). The zero-order valence-corrected chi connectivity index (χ0v) is 17.2. The maximum atomic E-state index is 12.2. The normalized spacial score (nSPS) is 22.4. The van der Waals surface area contributed by atoms with Crippen molar-refractivity contribution in [2.45, 2.75) is 32.6 Å². The summed E-state index contributed by atoms with van der Waals surface area (Å²) in [6.45, 7) is 8.40. The first-order valence-electron chi connectivity index (χ1n) is 9.58. The summed E-state index contributed by atoms with van der Waals surface area (Å²) >= 11 is 0. The molecule has 2 aromatic heterocycles. The van der Waals surface area contributed by atoms with E-state index in [1.54, 1.807) is 4.52 Å². The first-order valence-corrected chi connectivity index (χ1v) is 11.4. The monoisotopic (exact) mass is 406 g/mol. The molecule has 2 aromatic rings. The molecule has 0 radical (unpaired) electrons. The first kappa shape index (κ1) is 19.1. The fourth-order valence-electron chi connectivity index (χ4n) is 3.69. The number of anilines is 1. The molecule has 4 rings (SSSR count). The van der Waals surface area contributed by atoms with Crippen molar-refractivity contribution < 1.29 is 13.2 Å². The molecule has 0 aromatic carbocycles. The molecule has 2 aliphatic heterocycles. The minimum atomic E-state index is -3.03. The van der Waals surface area contributed by atoms with Gasteiger partial charge in [-0.05, 0) is 18.6 Å². The van der Waals surface area contributed by atoms with Crippen molar-refractivity contribution in [1.29, 1.82) is 0 Å². The lowest BCUT2D eigenvalue weighted by Crippen LogP contribution is -2.52. The third-order valence-electron chi connectivity index (χ3n) is 5.37. The molecule has 0 spiro atoms. The lowest BCUT2D eigenvalue weighted by molar-refractivity contribution is -0.124. The molecule has 152 valence electrons. The lowest BCUT2D eigenvalue weighted by atomic mass is 9.96. The maximum absolute atomic E-state index is 12.2. The van der Waals surface area contributed by atoms with E-state index in [4.69, 9.17) is 5.10 Å². The molecule has 0 aliphatic carbocycles. The van der Waals surface area contributed by atoms with Gasteiger partial charge in [0.25, 0.3) is 0 Å². The van der Waals surface area contributed by atoms with Crippen LogP contribution in [0.4, 0.5) is 5.82 Å². The molecular formula is C18H26N6O3S. The van der Waals surface area contributed by atoms with Crippen LogP contribution in [0.15, 0.2) is 12.1 Å². The van der Waals surface area contributed by atoms with Gasteiger partial charge in [-0.1, -0.05) is 20.8 Å². The minimum Gasteiger partial charge on any atom is -0.355 e. The molecule has 0 bridgehead atoms. The number of carbonyl (C=O) groups is 1. The van der Waals surface area contributed by atoms with E-state index >= 15 is 0 Å². The number of nitrogens with zero attached hydrogens (tertiary/aromatic N) is 5. The Morgan fingerprint density at radius 1 is 1.25 bits per heavy atom. The van der Waals surface area contributed by atoms with E-state index in [9.17, 15) is 13.2 Å². The quantitative estimate of drug-likeness (QED) is 0.783. The summed E-state index contributed by atoms with van der Waals surface area (Å²) in [5, 5.41) is 16.1. The number of amides is 1. The summed E-state index contributed by atoms with van der Waals surface area (Å²) in [4.78, 5) is 14.3. The smallest absolute Gasteiger partial charge is 0.224 e. The molecule has 9 nitrogen and oxygen atoms in total.